The van der Waals surface area contributed by atoms with Gasteiger partial charge in [-0.05, 0) is 31.2 Å². The molecule has 0 aliphatic carbocycles. The van der Waals surface area contributed by atoms with Gasteiger partial charge in [-0.25, -0.2) is 4.99 Å². The van der Waals surface area contributed by atoms with Gasteiger partial charge in [0.25, 0.3) is 0 Å². The Labute approximate surface area is 137 Å². The molecular formula is C17H25NO5. The number of rotatable bonds is 9. The van der Waals surface area contributed by atoms with Crippen molar-refractivity contribution in [3.8, 4) is 5.75 Å². The highest BCUT2D eigenvalue weighted by Crippen LogP contribution is 2.30. The van der Waals surface area contributed by atoms with Crippen molar-refractivity contribution in [2.75, 3.05) is 34.2 Å². The molecule has 2 rings (SSSR count). The van der Waals surface area contributed by atoms with Crippen LogP contribution in [0, 0.1) is 5.92 Å². The van der Waals surface area contributed by atoms with E-state index in [0.717, 1.165) is 17.3 Å². The molecule has 0 radical (unpaired) electrons. The van der Waals surface area contributed by atoms with E-state index in [4.69, 9.17) is 23.7 Å². The maximum Gasteiger partial charge on any atom is 0.195 e. The zero-order chi connectivity index (χ0) is 16.7. The summed E-state index contributed by atoms with van der Waals surface area (Å²) in [4.78, 5) is 4.51. The lowest BCUT2D eigenvalue weighted by Crippen LogP contribution is -2.50. The van der Waals surface area contributed by atoms with Crippen LogP contribution >= 0.6 is 0 Å². The first-order valence-corrected chi connectivity index (χ1v) is 7.73. The number of hydrogen-bond donors (Lipinski definition) is 0. The predicted molar refractivity (Wildman–Crippen MR) is 87.4 cm³/mol. The quantitative estimate of drug-likeness (QED) is 0.516. The van der Waals surface area contributed by atoms with Crippen molar-refractivity contribution in [2.24, 2.45) is 10.9 Å². The molecule has 1 fully saturated rings. The molecule has 0 unspecified atom stereocenters. The third-order valence-electron chi connectivity index (χ3n) is 3.76. The lowest BCUT2D eigenvalue weighted by Gasteiger charge is -2.39. The molecular weight excluding hydrogens is 298 g/mol. The minimum Gasteiger partial charge on any atom is -0.497 e. The molecule has 1 heterocycles. The van der Waals surface area contributed by atoms with Gasteiger partial charge >= 0.3 is 0 Å². The Morgan fingerprint density at radius 1 is 1.17 bits per heavy atom. The molecule has 6 heteroatoms. The van der Waals surface area contributed by atoms with Crippen LogP contribution in [0.15, 0.2) is 29.3 Å². The molecule has 0 amide bonds. The van der Waals surface area contributed by atoms with E-state index in [9.17, 15) is 0 Å². The van der Waals surface area contributed by atoms with Crippen molar-refractivity contribution in [1.82, 2.24) is 0 Å². The highest BCUT2D eigenvalue weighted by molar-refractivity contribution is 5.86. The molecule has 1 aromatic rings. The van der Waals surface area contributed by atoms with Crippen LogP contribution < -0.4 is 4.74 Å². The van der Waals surface area contributed by atoms with Crippen LogP contribution in [-0.4, -0.2) is 52.3 Å². The third-order valence-corrected chi connectivity index (χ3v) is 3.76. The monoisotopic (exact) mass is 323 g/mol. The van der Waals surface area contributed by atoms with Crippen LogP contribution in [0.1, 0.15) is 13.8 Å². The first kappa shape index (κ1) is 17.7. The Morgan fingerprint density at radius 3 is 2.52 bits per heavy atom. The van der Waals surface area contributed by atoms with Crippen molar-refractivity contribution in [2.45, 2.75) is 26.1 Å². The number of nitrogens with zero attached hydrogens (tertiary/aromatic N) is 1. The Hall–Kier alpha value is -1.63. The van der Waals surface area contributed by atoms with Crippen molar-refractivity contribution in [3.63, 3.8) is 0 Å². The minimum absolute atomic E-state index is 0.00183. The third kappa shape index (κ3) is 4.92. The van der Waals surface area contributed by atoms with E-state index in [2.05, 4.69) is 11.9 Å². The fraction of sp³-hybridized carbons (Fsp3) is 0.588. The van der Waals surface area contributed by atoms with Gasteiger partial charge in [-0.1, -0.05) is 6.92 Å². The van der Waals surface area contributed by atoms with Gasteiger partial charge in [0.15, 0.2) is 5.90 Å². The number of methoxy groups -OCH3 is 2. The molecule has 0 N–H and O–H groups in total. The van der Waals surface area contributed by atoms with Gasteiger partial charge in [-0.3, -0.25) is 0 Å². The standard InChI is InChI=1S/C17H25NO5/c1-12-16(13(2)22-11-21-10-9-19-3)23-17(12)18-14-5-7-15(20-4)8-6-14/h5-8,12-13,16H,9-11H2,1-4H3/t12-,13+,16-/m1/s1. The summed E-state index contributed by atoms with van der Waals surface area (Å²) in [6, 6.07) is 7.56. The number of hydrogen-bond acceptors (Lipinski definition) is 6. The van der Waals surface area contributed by atoms with E-state index in [0.29, 0.717) is 13.2 Å². The lowest BCUT2D eigenvalue weighted by molar-refractivity contribution is -0.139. The van der Waals surface area contributed by atoms with E-state index in [-0.39, 0.29) is 24.9 Å². The normalized spacial score (nSPS) is 23.2. The van der Waals surface area contributed by atoms with E-state index >= 15 is 0 Å². The van der Waals surface area contributed by atoms with Crippen LogP contribution in [-0.2, 0) is 18.9 Å². The average molecular weight is 323 g/mol. The van der Waals surface area contributed by atoms with E-state index in [1.165, 1.54) is 0 Å². The largest absolute Gasteiger partial charge is 0.497 e. The number of benzene rings is 1. The number of aliphatic imine (C=N–C) groups is 1. The molecule has 3 atom stereocenters. The highest BCUT2D eigenvalue weighted by Gasteiger charge is 2.40. The van der Waals surface area contributed by atoms with Gasteiger partial charge in [0.05, 0.1) is 38.0 Å². The topological polar surface area (TPSA) is 58.5 Å². The van der Waals surface area contributed by atoms with Gasteiger partial charge in [-0.2, -0.15) is 0 Å². The van der Waals surface area contributed by atoms with Crippen molar-refractivity contribution in [1.29, 1.82) is 0 Å². The lowest BCUT2D eigenvalue weighted by atomic mass is 9.94. The highest BCUT2D eigenvalue weighted by atomic mass is 16.7. The molecule has 23 heavy (non-hydrogen) atoms. The molecule has 6 nitrogen and oxygen atoms in total. The molecule has 0 aromatic heterocycles. The van der Waals surface area contributed by atoms with Gasteiger partial charge < -0.3 is 23.7 Å². The molecule has 1 aliphatic heterocycles. The van der Waals surface area contributed by atoms with Crippen molar-refractivity contribution in [3.05, 3.63) is 24.3 Å². The molecule has 128 valence electrons. The zero-order valence-electron chi connectivity index (χ0n) is 14.2. The van der Waals surface area contributed by atoms with Gasteiger partial charge in [0, 0.05) is 7.11 Å². The van der Waals surface area contributed by atoms with Gasteiger partial charge in [0.2, 0.25) is 0 Å². The Kier molecular flexibility index (Phi) is 6.83. The fourth-order valence-electron chi connectivity index (χ4n) is 2.28. The molecule has 1 saturated heterocycles. The summed E-state index contributed by atoms with van der Waals surface area (Å²) < 4.78 is 26.7. The van der Waals surface area contributed by atoms with E-state index in [1.807, 2.05) is 31.2 Å². The zero-order valence-corrected chi connectivity index (χ0v) is 14.2. The summed E-state index contributed by atoms with van der Waals surface area (Å²) in [5.74, 6) is 1.76. The summed E-state index contributed by atoms with van der Waals surface area (Å²) in [6.07, 6.45) is -0.0552. The van der Waals surface area contributed by atoms with Crippen molar-refractivity contribution >= 4 is 11.6 Å². The summed E-state index contributed by atoms with van der Waals surface area (Å²) in [5.41, 5.74) is 0.850. The van der Waals surface area contributed by atoms with Gasteiger partial charge in [0.1, 0.15) is 18.6 Å². The van der Waals surface area contributed by atoms with E-state index < -0.39 is 0 Å². The second kappa shape index (κ2) is 8.86. The molecule has 0 bridgehead atoms. The second-order valence-electron chi connectivity index (χ2n) is 5.41. The predicted octanol–water partition coefficient (Wildman–Crippen LogP) is 2.79. The first-order chi connectivity index (χ1) is 11.2. The summed E-state index contributed by atoms with van der Waals surface area (Å²) >= 11 is 0. The fourth-order valence-corrected chi connectivity index (χ4v) is 2.28. The van der Waals surface area contributed by atoms with Crippen LogP contribution in [0.25, 0.3) is 0 Å². The van der Waals surface area contributed by atoms with Crippen LogP contribution in [0.4, 0.5) is 5.69 Å². The molecule has 1 aliphatic rings. The van der Waals surface area contributed by atoms with E-state index in [1.54, 1.807) is 14.2 Å². The molecule has 0 saturated carbocycles. The van der Waals surface area contributed by atoms with Crippen molar-refractivity contribution < 1.29 is 23.7 Å². The number of ether oxygens (including phenoxy) is 5. The Bertz CT molecular complexity index is 502. The Morgan fingerprint density at radius 2 is 1.91 bits per heavy atom. The molecule has 1 aromatic carbocycles. The first-order valence-electron chi connectivity index (χ1n) is 7.73. The second-order valence-corrected chi connectivity index (χ2v) is 5.41. The summed E-state index contributed by atoms with van der Waals surface area (Å²) in [6.45, 7) is 5.39. The van der Waals surface area contributed by atoms with Crippen LogP contribution in [0.5, 0.6) is 5.75 Å². The smallest absolute Gasteiger partial charge is 0.195 e. The van der Waals surface area contributed by atoms with Crippen LogP contribution in [0.2, 0.25) is 0 Å². The summed E-state index contributed by atoms with van der Waals surface area (Å²) in [5, 5.41) is 0. The van der Waals surface area contributed by atoms with Crippen LogP contribution in [0.3, 0.4) is 0 Å². The minimum atomic E-state index is -0.0534. The maximum atomic E-state index is 5.77. The summed E-state index contributed by atoms with van der Waals surface area (Å²) in [7, 11) is 3.28. The maximum absolute atomic E-state index is 5.77. The average Bonchev–Trinajstić information content (AvgIpc) is 2.58. The molecule has 0 spiro atoms. The Balaban J connectivity index is 1.77. The SMILES string of the molecule is COCCOCO[C@@H](C)[C@@H]1OC(=Nc2ccc(OC)cc2)[C@@H]1C. The van der Waals surface area contributed by atoms with Gasteiger partial charge in [-0.15, -0.1) is 0 Å².